The average Bonchev–Trinajstić information content (AvgIpc) is 3.57. The standard InChI is InChI=1S/C33H40N4O2/c1-22(2)26-10-8-11-27(23(3)4)30(26)36(32(34)38)21-33(17-6-7-18-33)37-20-29(28-12-9-19-35-31(28)37)24-13-15-25(39-5)16-14-24/h8-16,19-20,22-23H,6-7,17-18,21H2,1-5H3,(H2,34,38). The number of methoxy groups -OCH3 is 1. The highest BCUT2D eigenvalue weighted by molar-refractivity contribution is 5.95. The molecule has 0 spiro atoms. The van der Waals surface area contributed by atoms with Gasteiger partial charge in [-0.25, -0.2) is 9.78 Å². The first-order valence-electron chi connectivity index (χ1n) is 14.1. The Kier molecular flexibility index (Phi) is 7.39. The Morgan fingerprint density at radius 3 is 2.21 bits per heavy atom. The van der Waals surface area contributed by atoms with Crippen LogP contribution in [-0.2, 0) is 5.54 Å². The molecule has 2 amide bonds. The van der Waals surface area contributed by atoms with Crippen molar-refractivity contribution in [2.24, 2.45) is 5.73 Å². The molecule has 39 heavy (non-hydrogen) atoms. The molecule has 1 aliphatic rings. The third kappa shape index (κ3) is 4.88. The maximum atomic E-state index is 13.3. The van der Waals surface area contributed by atoms with Crippen molar-refractivity contribution in [1.29, 1.82) is 0 Å². The van der Waals surface area contributed by atoms with Gasteiger partial charge in [-0.3, -0.25) is 4.90 Å². The summed E-state index contributed by atoms with van der Waals surface area (Å²) in [6, 6.07) is 18.3. The van der Waals surface area contributed by atoms with Crippen LogP contribution in [0.25, 0.3) is 22.2 Å². The number of fused-ring (bicyclic) bond motifs is 1. The zero-order valence-corrected chi connectivity index (χ0v) is 23.8. The second kappa shape index (κ2) is 10.8. The molecule has 4 aromatic rings. The Balaban J connectivity index is 1.67. The van der Waals surface area contributed by atoms with Crippen molar-refractivity contribution in [2.75, 3.05) is 18.6 Å². The summed E-state index contributed by atoms with van der Waals surface area (Å²) in [6.45, 7) is 9.22. The van der Waals surface area contributed by atoms with Gasteiger partial charge in [0, 0.05) is 23.3 Å². The van der Waals surface area contributed by atoms with Gasteiger partial charge in [0.2, 0.25) is 0 Å². The number of hydrogen-bond acceptors (Lipinski definition) is 3. The van der Waals surface area contributed by atoms with Crippen LogP contribution >= 0.6 is 0 Å². The highest BCUT2D eigenvalue weighted by atomic mass is 16.5. The molecule has 0 unspecified atom stereocenters. The number of primary amides is 1. The Bertz CT molecular complexity index is 1440. The highest BCUT2D eigenvalue weighted by Crippen LogP contribution is 2.44. The zero-order valence-electron chi connectivity index (χ0n) is 23.8. The molecule has 0 atom stereocenters. The molecule has 204 valence electrons. The van der Waals surface area contributed by atoms with Crippen molar-refractivity contribution in [3.8, 4) is 16.9 Å². The van der Waals surface area contributed by atoms with Gasteiger partial charge in [-0.05, 0) is 65.6 Å². The van der Waals surface area contributed by atoms with Crippen LogP contribution in [0.2, 0.25) is 0 Å². The summed E-state index contributed by atoms with van der Waals surface area (Å²) in [5.41, 5.74) is 12.4. The number of urea groups is 1. The lowest BCUT2D eigenvalue weighted by Gasteiger charge is -2.38. The summed E-state index contributed by atoms with van der Waals surface area (Å²) in [4.78, 5) is 20.0. The van der Waals surface area contributed by atoms with Crippen LogP contribution in [0.15, 0.2) is 67.0 Å². The third-order valence-electron chi connectivity index (χ3n) is 8.34. The van der Waals surface area contributed by atoms with E-state index in [0.29, 0.717) is 6.54 Å². The van der Waals surface area contributed by atoms with Gasteiger partial charge < -0.3 is 15.0 Å². The van der Waals surface area contributed by atoms with E-state index in [4.69, 9.17) is 15.5 Å². The van der Waals surface area contributed by atoms with Crippen molar-refractivity contribution in [2.45, 2.75) is 70.8 Å². The fourth-order valence-corrected chi connectivity index (χ4v) is 6.31. The quantitative estimate of drug-likeness (QED) is 0.255. The fraction of sp³-hybridized carbons (Fsp3) is 0.394. The molecule has 2 aromatic heterocycles. The molecule has 6 nitrogen and oxygen atoms in total. The SMILES string of the molecule is COc1ccc(-c2cn(C3(CN(C(N)=O)c4c(C(C)C)cccc4C(C)C)CCCC3)c3ncccc23)cc1. The minimum absolute atomic E-state index is 0.260. The monoisotopic (exact) mass is 524 g/mol. The van der Waals surface area contributed by atoms with Crippen LogP contribution in [0.4, 0.5) is 10.5 Å². The van der Waals surface area contributed by atoms with Gasteiger partial charge in [0.05, 0.1) is 24.9 Å². The summed E-state index contributed by atoms with van der Waals surface area (Å²) in [5.74, 6) is 1.35. The lowest BCUT2D eigenvalue weighted by Crippen LogP contribution is -2.48. The topological polar surface area (TPSA) is 73.4 Å². The minimum atomic E-state index is -0.406. The lowest BCUT2D eigenvalue weighted by molar-refractivity contribution is 0.245. The fourth-order valence-electron chi connectivity index (χ4n) is 6.31. The van der Waals surface area contributed by atoms with Crippen molar-refractivity contribution in [1.82, 2.24) is 9.55 Å². The van der Waals surface area contributed by atoms with Gasteiger partial charge in [0.1, 0.15) is 11.4 Å². The first-order chi connectivity index (χ1) is 18.8. The van der Waals surface area contributed by atoms with Crippen molar-refractivity contribution >= 4 is 22.8 Å². The number of anilines is 1. The molecule has 1 saturated carbocycles. The predicted molar refractivity (Wildman–Crippen MR) is 160 cm³/mol. The first-order valence-corrected chi connectivity index (χ1v) is 14.1. The normalized spacial score (nSPS) is 14.8. The maximum Gasteiger partial charge on any atom is 0.319 e. The number of amides is 2. The molecule has 6 heteroatoms. The molecule has 1 fully saturated rings. The molecular weight excluding hydrogens is 484 g/mol. The van der Waals surface area contributed by atoms with E-state index in [-0.39, 0.29) is 17.4 Å². The van der Waals surface area contributed by atoms with Crippen molar-refractivity contribution < 1.29 is 9.53 Å². The lowest BCUT2D eigenvalue weighted by atomic mass is 9.90. The molecule has 1 aliphatic carbocycles. The minimum Gasteiger partial charge on any atom is -0.497 e. The predicted octanol–water partition coefficient (Wildman–Crippen LogP) is 7.81. The van der Waals surface area contributed by atoms with E-state index in [9.17, 15) is 4.79 Å². The molecule has 0 bridgehead atoms. The number of rotatable bonds is 8. The molecule has 0 saturated heterocycles. The number of carbonyl (C=O) groups is 1. The van der Waals surface area contributed by atoms with Crippen LogP contribution in [0.1, 0.15) is 76.3 Å². The molecule has 0 aliphatic heterocycles. The van der Waals surface area contributed by atoms with Gasteiger partial charge in [0.25, 0.3) is 0 Å². The zero-order chi connectivity index (χ0) is 27.7. The van der Waals surface area contributed by atoms with E-state index in [2.05, 4.69) is 74.9 Å². The molecular formula is C33H40N4O2. The maximum absolute atomic E-state index is 13.3. The number of pyridine rings is 1. The highest BCUT2D eigenvalue weighted by Gasteiger charge is 2.41. The summed E-state index contributed by atoms with van der Waals surface area (Å²) in [6.07, 6.45) is 8.21. The van der Waals surface area contributed by atoms with Gasteiger partial charge in [-0.1, -0.05) is 70.9 Å². The number of ether oxygens (including phenoxy) is 1. The number of aromatic nitrogens is 2. The van der Waals surface area contributed by atoms with E-state index >= 15 is 0 Å². The Labute approximate surface area is 231 Å². The number of para-hydroxylation sites is 1. The summed E-state index contributed by atoms with van der Waals surface area (Å²) < 4.78 is 7.73. The molecule has 0 radical (unpaired) electrons. The molecule has 2 heterocycles. The average molecular weight is 525 g/mol. The first kappa shape index (κ1) is 26.8. The van der Waals surface area contributed by atoms with E-state index in [1.807, 2.05) is 29.3 Å². The van der Waals surface area contributed by atoms with Crippen molar-refractivity contribution in [3.05, 3.63) is 78.1 Å². The second-order valence-electron chi connectivity index (χ2n) is 11.5. The molecule has 5 rings (SSSR count). The van der Waals surface area contributed by atoms with Gasteiger partial charge in [0.15, 0.2) is 0 Å². The van der Waals surface area contributed by atoms with Crippen LogP contribution in [0.3, 0.4) is 0 Å². The Hall–Kier alpha value is -3.80. The van der Waals surface area contributed by atoms with E-state index in [0.717, 1.165) is 70.4 Å². The smallest absolute Gasteiger partial charge is 0.319 e. The molecule has 2 N–H and O–H groups in total. The molecule has 2 aromatic carbocycles. The van der Waals surface area contributed by atoms with Crippen LogP contribution < -0.4 is 15.4 Å². The Morgan fingerprint density at radius 1 is 1.00 bits per heavy atom. The van der Waals surface area contributed by atoms with E-state index < -0.39 is 6.03 Å². The van der Waals surface area contributed by atoms with E-state index in [1.165, 1.54) is 0 Å². The summed E-state index contributed by atoms with van der Waals surface area (Å²) in [7, 11) is 1.68. The van der Waals surface area contributed by atoms with Crippen LogP contribution in [-0.4, -0.2) is 29.2 Å². The van der Waals surface area contributed by atoms with Gasteiger partial charge in [-0.15, -0.1) is 0 Å². The second-order valence-corrected chi connectivity index (χ2v) is 11.5. The van der Waals surface area contributed by atoms with Crippen LogP contribution in [0.5, 0.6) is 5.75 Å². The van der Waals surface area contributed by atoms with E-state index in [1.54, 1.807) is 7.11 Å². The summed E-state index contributed by atoms with van der Waals surface area (Å²) >= 11 is 0. The number of nitrogens with zero attached hydrogens (tertiary/aromatic N) is 3. The van der Waals surface area contributed by atoms with Crippen LogP contribution in [0, 0.1) is 0 Å². The number of nitrogens with two attached hydrogens (primary N) is 1. The Morgan fingerprint density at radius 2 is 1.64 bits per heavy atom. The van der Waals surface area contributed by atoms with Crippen molar-refractivity contribution in [3.63, 3.8) is 0 Å². The summed E-state index contributed by atoms with van der Waals surface area (Å²) in [5, 5.41) is 1.10. The number of carbonyl (C=O) groups excluding carboxylic acids is 1. The third-order valence-corrected chi connectivity index (χ3v) is 8.34. The van der Waals surface area contributed by atoms with Gasteiger partial charge >= 0.3 is 6.03 Å². The largest absolute Gasteiger partial charge is 0.497 e. The van der Waals surface area contributed by atoms with Gasteiger partial charge in [-0.2, -0.15) is 0 Å². The number of benzene rings is 2. The number of hydrogen-bond donors (Lipinski definition) is 1.